The Hall–Kier alpha value is -1.67. The quantitative estimate of drug-likeness (QED) is 0.734. The summed E-state index contributed by atoms with van der Waals surface area (Å²) in [5.74, 6) is -0.378. The zero-order valence-corrected chi connectivity index (χ0v) is 11.1. The Morgan fingerprint density at radius 2 is 2.00 bits per heavy atom. The molecule has 7 nitrogen and oxygen atoms in total. The smallest absolute Gasteiger partial charge is 0.411 e. The molecule has 0 saturated heterocycles. The van der Waals surface area contributed by atoms with E-state index >= 15 is 0 Å². The van der Waals surface area contributed by atoms with Gasteiger partial charge in [0, 0.05) is 6.07 Å². The van der Waals surface area contributed by atoms with Crippen molar-refractivity contribution in [1.29, 1.82) is 0 Å². The van der Waals surface area contributed by atoms with Crippen molar-refractivity contribution in [1.82, 2.24) is 0 Å². The normalized spacial score (nSPS) is 10.8. The van der Waals surface area contributed by atoms with Crippen LogP contribution in [0.15, 0.2) is 12.1 Å². The molecule has 0 fully saturated rings. The van der Waals surface area contributed by atoms with Crippen molar-refractivity contribution < 1.29 is 23.1 Å². The number of amides is 1. The lowest BCUT2D eigenvalue weighted by molar-refractivity contribution is 0.187. The third-order valence-corrected chi connectivity index (χ3v) is 2.71. The number of carbonyl (C=O) groups is 1. The molecule has 0 aromatic heterocycles. The topological polar surface area (TPSA) is 105 Å². The Kier molecular flexibility index (Phi) is 4.25. The van der Waals surface area contributed by atoms with Gasteiger partial charge in [0.2, 0.25) is 10.0 Å². The number of halogens is 1. The van der Waals surface area contributed by atoms with Gasteiger partial charge in [0.05, 0.1) is 29.8 Å². The first kappa shape index (κ1) is 14.4. The van der Waals surface area contributed by atoms with Gasteiger partial charge in [-0.15, -0.1) is 0 Å². The summed E-state index contributed by atoms with van der Waals surface area (Å²) >= 11 is 5.82. The number of nitrogens with one attached hydrogen (secondary N) is 2. The number of ether oxygens (including phenoxy) is 1. The van der Waals surface area contributed by atoms with Crippen molar-refractivity contribution >= 4 is 39.1 Å². The zero-order chi connectivity index (χ0) is 13.9. The average molecular weight is 295 g/mol. The first-order valence-corrected chi connectivity index (χ1v) is 6.85. The average Bonchev–Trinajstić information content (AvgIpc) is 2.23. The SMILES string of the molecule is COC(=O)Nc1cc(O)c(NS(C)(=O)=O)cc1Cl. The molecule has 9 heteroatoms. The fourth-order valence-electron chi connectivity index (χ4n) is 1.10. The summed E-state index contributed by atoms with van der Waals surface area (Å²) in [7, 11) is -2.37. The molecular weight excluding hydrogens is 284 g/mol. The Bertz CT molecular complexity index is 573. The number of hydrogen-bond acceptors (Lipinski definition) is 5. The number of methoxy groups -OCH3 is 1. The first-order valence-electron chi connectivity index (χ1n) is 4.58. The van der Waals surface area contributed by atoms with Crippen LogP contribution >= 0.6 is 11.6 Å². The van der Waals surface area contributed by atoms with Crippen LogP contribution in [0.2, 0.25) is 5.02 Å². The lowest BCUT2D eigenvalue weighted by Crippen LogP contribution is -2.12. The highest BCUT2D eigenvalue weighted by atomic mass is 35.5. The lowest BCUT2D eigenvalue weighted by atomic mass is 10.2. The molecule has 18 heavy (non-hydrogen) atoms. The van der Waals surface area contributed by atoms with Gasteiger partial charge in [-0.2, -0.15) is 0 Å². The third-order valence-electron chi connectivity index (χ3n) is 1.80. The minimum Gasteiger partial charge on any atom is -0.506 e. The number of hydrogen-bond donors (Lipinski definition) is 3. The second-order valence-electron chi connectivity index (χ2n) is 3.34. The molecule has 1 rings (SSSR count). The fourth-order valence-corrected chi connectivity index (χ4v) is 1.87. The molecule has 0 spiro atoms. The van der Waals surface area contributed by atoms with E-state index in [0.717, 1.165) is 12.3 Å². The number of sulfonamides is 1. The molecule has 1 aromatic rings. The molecule has 1 amide bonds. The zero-order valence-electron chi connectivity index (χ0n) is 9.52. The van der Waals surface area contributed by atoms with E-state index < -0.39 is 16.1 Å². The van der Waals surface area contributed by atoms with Crippen LogP contribution in [-0.4, -0.2) is 33.0 Å². The highest BCUT2D eigenvalue weighted by Gasteiger charge is 2.13. The second-order valence-corrected chi connectivity index (χ2v) is 5.50. The summed E-state index contributed by atoms with van der Waals surface area (Å²) in [4.78, 5) is 11.0. The van der Waals surface area contributed by atoms with Crippen molar-refractivity contribution in [3.8, 4) is 5.75 Å². The molecule has 0 radical (unpaired) electrons. The van der Waals surface area contributed by atoms with Crippen LogP contribution in [0.3, 0.4) is 0 Å². The minimum atomic E-state index is -3.54. The summed E-state index contributed by atoms with van der Waals surface area (Å²) in [5.41, 5.74) is 0.0120. The van der Waals surface area contributed by atoms with E-state index in [2.05, 4.69) is 14.8 Å². The number of phenolic OH excluding ortho intramolecular Hbond substituents is 1. The van der Waals surface area contributed by atoms with Crippen molar-refractivity contribution in [3.63, 3.8) is 0 Å². The van der Waals surface area contributed by atoms with Crippen molar-refractivity contribution in [2.45, 2.75) is 0 Å². The third kappa shape index (κ3) is 3.97. The summed E-state index contributed by atoms with van der Waals surface area (Å²) in [6, 6.07) is 2.27. The predicted molar refractivity (Wildman–Crippen MR) is 67.6 cm³/mol. The molecule has 0 bridgehead atoms. The summed E-state index contributed by atoms with van der Waals surface area (Å²) < 4.78 is 28.5. The number of rotatable bonds is 3. The summed E-state index contributed by atoms with van der Waals surface area (Å²) in [6.45, 7) is 0. The van der Waals surface area contributed by atoms with Crippen LogP contribution in [0.1, 0.15) is 0 Å². The highest BCUT2D eigenvalue weighted by Crippen LogP contribution is 2.34. The van der Waals surface area contributed by atoms with Gasteiger partial charge in [-0.3, -0.25) is 10.0 Å². The van der Waals surface area contributed by atoms with Crippen LogP contribution < -0.4 is 10.0 Å². The molecule has 0 heterocycles. The minimum absolute atomic E-state index is 0.0457. The molecule has 100 valence electrons. The maximum atomic E-state index is 11.0. The molecule has 0 aliphatic rings. The predicted octanol–water partition coefficient (Wildman–Crippen LogP) is 1.60. The van der Waals surface area contributed by atoms with E-state index in [0.29, 0.717) is 0 Å². The molecule has 0 unspecified atom stereocenters. The molecule has 1 aromatic carbocycles. The van der Waals surface area contributed by atoms with E-state index in [1.165, 1.54) is 13.2 Å². The monoisotopic (exact) mass is 294 g/mol. The molecule has 0 saturated carbocycles. The molecule has 3 N–H and O–H groups in total. The fraction of sp³-hybridized carbons (Fsp3) is 0.222. The summed E-state index contributed by atoms with van der Waals surface area (Å²) in [6.07, 6.45) is 0.168. The standard InChI is InChI=1S/C9H11ClN2O5S/c1-17-9(14)11-6-4-8(13)7(3-5(6)10)12-18(2,15)16/h3-4,12-13H,1-2H3,(H,11,14). The van der Waals surface area contributed by atoms with E-state index in [-0.39, 0.29) is 22.1 Å². The number of carbonyl (C=O) groups excluding carboxylic acids is 1. The number of anilines is 2. The van der Waals surface area contributed by atoms with Crippen LogP contribution in [0.25, 0.3) is 0 Å². The maximum Gasteiger partial charge on any atom is 0.411 e. The molecule has 0 aliphatic carbocycles. The van der Waals surface area contributed by atoms with Crippen LogP contribution in [0.4, 0.5) is 16.2 Å². The Morgan fingerprint density at radius 3 is 2.50 bits per heavy atom. The van der Waals surface area contributed by atoms with Gasteiger partial charge in [-0.25, -0.2) is 13.2 Å². The van der Waals surface area contributed by atoms with Gasteiger partial charge in [-0.05, 0) is 6.07 Å². The molecule has 0 aliphatic heterocycles. The van der Waals surface area contributed by atoms with E-state index in [1.807, 2.05) is 0 Å². The maximum absolute atomic E-state index is 11.0. The largest absolute Gasteiger partial charge is 0.506 e. The van der Waals surface area contributed by atoms with Gasteiger partial charge < -0.3 is 9.84 Å². The van der Waals surface area contributed by atoms with Crippen LogP contribution in [-0.2, 0) is 14.8 Å². The van der Waals surface area contributed by atoms with Gasteiger partial charge in [0.25, 0.3) is 0 Å². The van der Waals surface area contributed by atoms with Gasteiger partial charge >= 0.3 is 6.09 Å². The Morgan fingerprint density at radius 1 is 1.39 bits per heavy atom. The number of phenols is 1. The Labute approximate surface area is 109 Å². The van der Waals surface area contributed by atoms with Crippen LogP contribution in [0, 0.1) is 0 Å². The lowest BCUT2D eigenvalue weighted by Gasteiger charge is -2.11. The van der Waals surface area contributed by atoms with Gasteiger partial charge in [-0.1, -0.05) is 11.6 Å². The number of aromatic hydroxyl groups is 1. The van der Waals surface area contributed by atoms with Crippen LogP contribution in [0.5, 0.6) is 5.75 Å². The first-order chi connectivity index (χ1) is 8.23. The Balaban J connectivity index is 3.08. The van der Waals surface area contributed by atoms with Crippen molar-refractivity contribution in [2.75, 3.05) is 23.4 Å². The summed E-state index contributed by atoms with van der Waals surface area (Å²) in [5, 5.41) is 11.9. The van der Waals surface area contributed by atoms with Crippen molar-refractivity contribution in [2.24, 2.45) is 0 Å². The van der Waals surface area contributed by atoms with E-state index in [1.54, 1.807) is 0 Å². The van der Waals surface area contributed by atoms with Crippen molar-refractivity contribution in [3.05, 3.63) is 17.2 Å². The number of benzene rings is 1. The molecule has 0 atom stereocenters. The van der Waals surface area contributed by atoms with Gasteiger partial charge in [0.1, 0.15) is 5.75 Å². The van der Waals surface area contributed by atoms with E-state index in [4.69, 9.17) is 11.6 Å². The van der Waals surface area contributed by atoms with E-state index in [9.17, 15) is 18.3 Å². The second kappa shape index (κ2) is 5.32. The molecular formula is C9H11ClN2O5S. The highest BCUT2D eigenvalue weighted by molar-refractivity contribution is 7.92. The van der Waals surface area contributed by atoms with Gasteiger partial charge in [0.15, 0.2) is 0 Å².